The lowest BCUT2D eigenvalue weighted by Gasteiger charge is -2.11. The summed E-state index contributed by atoms with van der Waals surface area (Å²) in [6.07, 6.45) is 3.19. The SMILES string of the molecule is COc1ccc(C)cc1Nc1ncncc1Br. The van der Waals surface area contributed by atoms with Crippen molar-refractivity contribution in [3.8, 4) is 5.75 Å². The van der Waals surface area contributed by atoms with E-state index in [4.69, 9.17) is 4.74 Å². The van der Waals surface area contributed by atoms with Crippen molar-refractivity contribution in [2.45, 2.75) is 6.92 Å². The van der Waals surface area contributed by atoms with Crippen molar-refractivity contribution in [1.82, 2.24) is 9.97 Å². The Morgan fingerprint density at radius 3 is 2.88 bits per heavy atom. The van der Waals surface area contributed by atoms with Gasteiger partial charge >= 0.3 is 0 Å². The zero-order valence-corrected chi connectivity index (χ0v) is 11.2. The second-order valence-corrected chi connectivity index (χ2v) is 4.40. The van der Waals surface area contributed by atoms with E-state index in [1.165, 1.54) is 6.33 Å². The fourth-order valence-electron chi connectivity index (χ4n) is 1.45. The zero-order valence-electron chi connectivity index (χ0n) is 9.57. The van der Waals surface area contributed by atoms with Crippen molar-refractivity contribution in [2.75, 3.05) is 12.4 Å². The Hall–Kier alpha value is -1.62. The lowest BCUT2D eigenvalue weighted by molar-refractivity contribution is 0.416. The third-order valence-corrected chi connectivity index (χ3v) is 2.86. The van der Waals surface area contributed by atoms with Gasteiger partial charge in [-0.15, -0.1) is 0 Å². The average Bonchev–Trinajstić information content (AvgIpc) is 2.32. The summed E-state index contributed by atoms with van der Waals surface area (Å²) in [7, 11) is 1.64. The number of anilines is 2. The van der Waals surface area contributed by atoms with E-state index in [-0.39, 0.29) is 0 Å². The van der Waals surface area contributed by atoms with Gasteiger partial charge < -0.3 is 10.1 Å². The van der Waals surface area contributed by atoms with E-state index in [1.807, 2.05) is 25.1 Å². The van der Waals surface area contributed by atoms with Gasteiger partial charge in [-0.3, -0.25) is 0 Å². The van der Waals surface area contributed by atoms with Gasteiger partial charge in [0.05, 0.1) is 17.3 Å². The van der Waals surface area contributed by atoms with Crippen LogP contribution >= 0.6 is 15.9 Å². The Morgan fingerprint density at radius 2 is 2.18 bits per heavy atom. The monoisotopic (exact) mass is 293 g/mol. The van der Waals surface area contributed by atoms with E-state index >= 15 is 0 Å². The Kier molecular flexibility index (Phi) is 3.58. The lowest BCUT2D eigenvalue weighted by Crippen LogP contribution is -1.98. The van der Waals surface area contributed by atoms with Gasteiger partial charge in [0.15, 0.2) is 0 Å². The fraction of sp³-hybridized carbons (Fsp3) is 0.167. The molecule has 88 valence electrons. The average molecular weight is 294 g/mol. The summed E-state index contributed by atoms with van der Waals surface area (Å²) < 4.78 is 6.10. The smallest absolute Gasteiger partial charge is 0.148 e. The first-order valence-electron chi connectivity index (χ1n) is 5.08. The molecule has 0 saturated carbocycles. The number of ether oxygens (including phenoxy) is 1. The molecule has 2 aromatic rings. The molecular weight excluding hydrogens is 282 g/mol. The van der Waals surface area contributed by atoms with Crippen LogP contribution in [-0.2, 0) is 0 Å². The molecule has 1 aromatic heterocycles. The van der Waals surface area contributed by atoms with E-state index in [0.717, 1.165) is 21.5 Å². The molecule has 0 unspecified atom stereocenters. The molecule has 17 heavy (non-hydrogen) atoms. The highest BCUT2D eigenvalue weighted by Gasteiger charge is 2.06. The first-order chi connectivity index (χ1) is 8.20. The van der Waals surface area contributed by atoms with Crippen LogP contribution in [-0.4, -0.2) is 17.1 Å². The molecule has 2 rings (SSSR count). The second kappa shape index (κ2) is 5.14. The molecule has 0 amide bonds. The molecule has 4 nitrogen and oxygen atoms in total. The van der Waals surface area contributed by atoms with Gasteiger partial charge in [0.25, 0.3) is 0 Å². The quantitative estimate of drug-likeness (QED) is 0.943. The minimum absolute atomic E-state index is 0.712. The van der Waals surface area contributed by atoms with Crippen molar-refractivity contribution in [2.24, 2.45) is 0 Å². The molecule has 1 N–H and O–H groups in total. The number of halogens is 1. The molecular formula is C12H12BrN3O. The van der Waals surface area contributed by atoms with E-state index in [9.17, 15) is 0 Å². The van der Waals surface area contributed by atoms with Crippen molar-refractivity contribution in [3.63, 3.8) is 0 Å². The number of aromatic nitrogens is 2. The zero-order chi connectivity index (χ0) is 12.3. The number of hydrogen-bond donors (Lipinski definition) is 1. The number of benzene rings is 1. The first kappa shape index (κ1) is 11.9. The van der Waals surface area contributed by atoms with Gasteiger partial charge in [0.1, 0.15) is 17.9 Å². The van der Waals surface area contributed by atoms with Crippen LogP contribution < -0.4 is 10.1 Å². The predicted octanol–water partition coefficient (Wildman–Crippen LogP) is 3.30. The number of rotatable bonds is 3. The summed E-state index contributed by atoms with van der Waals surface area (Å²) in [5.41, 5.74) is 2.03. The summed E-state index contributed by atoms with van der Waals surface area (Å²) in [5, 5.41) is 3.21. The molecule has 1 heterocycles. The highest BCUT2D eigenvalue weighted by Crippen LogP contribution is 2.30. The molecule has 0 spiro atoms. The van der Waals surface area contributed by atoms with Crippen LogP contribution in [0.25, 0.3) is 0 Å². The third-order valence-electron chi connectivity index (χ3n) is 2.28. The van der Waals surface area contributed by atoms with Gasteiger partial charge in [-0.05, 0) is 40.5 Å². The number of nitrogens with zero attached hydrogens (tertiary/aromatic N) is 2. The second-order valence-electron chi connectivity index (χ2n) is 3.55. The Labute approximate surface area is 108 Å². The lowest BCUT2D eigenvalue weighted by atomic mass is 10.2. The molecule has 0 aliphatic carbocycles. The van der Waals surface area contributed by atoms with Crippen LogP contribution in [0, 0.1) is 6.92 Å². The normalized spacial score (nSPS) is 10.1. The maximum Gasteiger partial charge on any atom is 0.148 e. The molecule has 5 heteroatoms. The molecule has 0 saturated heterocycles. The minimum atomic E-state index is 0.712. The molecule has 0 bridgehead atoms. The van der Waals surface area contributed by atoms with E-state index in [1.54, 1.807) is 13.3 Å². The van der Waals surface area contributed by atoms with Crippen molar-refractivity contribution in [1.29, 1.82) is 0 Å². The van der Waals surface area contributed by atoms with Crippen LogP contribution in [0.2, 0.25) is 0 Å². The summed E-state index contributed by atoms with van der Waals surface area (Å²) in [5.74, 6) is 1.49. The van der Waals surface area contributed by atoms with Gasteiger partial charge in [-0.2, -0.15) is 0 Å². The maximum atomic E-state index is 5.29. The third kappa shape index (κ3) is 2.74. The summed E-state index contributed by atoms with van der Waals surface area (Å²) in [6, 6.07) is 5.93. The molecule has 0 radical (unpaired) electrons. The highest BCUT2D eigenvalue weighted by atomic mass is 79.9. The van der Waals surface area contributed by atoms with Crippen molar-refractivity contribution < 1.29 is 4.74 Å². The Bertz CT molecular complexity index is 531. The van der Waals surface area contributed by atoms with Crippen LogP contribution in [0.3, 0.4) is 0 Å². The van der Waals surface area contributed by atoms with Gasteiger partial charge in [-0.1, -0.05) is 6.07 Å². The fourth-order valence-corrected chi connectivity index (χ4v) is 1.77. The standard InChI is InChI=1S/C12H12BrN3O/c1-8-3-4-11(17-2)10(5-8)16-12-9(13)6-14-7-15-12/h3-7H,1-2H3,(H,14,15,16). The predicted molar refractivity (Wildman–Crippen MR) is 70.7 cm³/mol. The largest absolute Gasteiger partial charge is 0.495 e. The highest BCUT2D eigenvalue weighted by molar-refractivity contribution is 9.10. The van der Waals surface area contributed by atoms with Crippen LogP contribution in [0.1, 0.15) is 5.56 Å². The van der Waals surface area contributed by atoms with Crippen molar-refractivity contribution in [3.05, 3.63) is 40.8 Å². The molecule has 0 aliphatic rings. The Morgan fingerprint density at radius 1 is 1.35 bits per heavy atom. The van der Waals surface area contributed by atoms with E-state index < -0.39 is 0 Å². The molecule has 1 aromatic carbocycles. The van der Waals surface area contributed by atoms with Gasteiger partial charge in [0.2, 0.25) is 0 Å². The molecule has 0 aliphatic heterocycles. The van der Waals surface area contributed by atoms with Crippen LogP contribution in [0.5, 0.6) is 5.75 Å². The molecule has 0 fully saturated rings. The summed E-state index contributed by atoms with van der Waals surface area (Å²) in [6.45, 7) is 2.03. The first-order valence-corrected chi connectivity index (χ1v) is 5.87. The van der Waals surface area contributed by atoms with Gasteiger partial charge in [-0.25, -0.2) is 9.97 Å². The number of methoxy groups -OCH3 is 1. The summed E-state index contributed by atoms with van der Waals surface area (Å²) in [4.78, 5) is 8.07. The van der Waals surface area contributed by atoms with Crippen molar-refractivity contribution >= 4 is 27.4 Å². The summed E-state index contributed by atoms with van der Waals surface area (Å²) >= 11 is 3.39. The topological polar surface area (TPSA) is 47.0 Å². The maximum absolute atomic E-state index is 5.29. The number of aryl methyl sites for hydroxylation is 1. The number of hydrogen-bond acceptors (Lipinski definition) is 4. The van der Waals surface area contributed by atoms with Crippen LogP contribution in [0.15, 0.2) is 35.2 Å². The Balaban J connectivity index is 2.35. The van der Waals surface area contributed by atoms with E-state index in [0.29, 0.717) is 5.82 Å². The minimum Gasteiger partial charge on any atom is -0.495 e. The molecule has 0 atom stereocenters. The van der Waals surface area contributed by atoms with E-state index in [2.05, 4.69) is 31.2 Å². The van der Waals surface area contributed by atoms with Crippen LogP contribution in [0.4, 0.5) is 11.5 Å². The van der Waals surface area contributed by atoms with Gasteiger partial charge in [0, 0.05) is 6.20 Å². The number of nitrogens with one attached hydrogen (secondary N) is 1.